The average molecular weight is 463 g/mol. The maximum Gasteiger partial charge on any atom is 0.190 e. The predicted molar refractivity (Wildman–Crippen MR) is 117 cm³/mol. The van der Waals surface area contributed by atoms with Crippen LogP contribution in [-0.2, 0) is 0 Å². The molecule has 2 saturated heterocycles. The molecule has 2 unspecified atom stereocenters. The van der Waals surface area contributed by atoms with Crippen LogP contribution in [0.5, 0.6) is 0 Å². The lowest BCUT2D eigenvalue weighted by Crippen LogP contribution is -2.42. The molecule has 0 radical (unpaired) electrons. The van der Waals surface area contributed by atoms with E-state index in [9.17, 15) is 0 Å². The number of likely N-dealkylation sites (tertiary alicyclic amines) is 2. The van der Waals surface area contributed by atoms with Crippen LogP contribution in [0.2, 0.25) is 0 Å². The summed E-state index contributed by atoms with van der Waals surface area (Å²) in [5.41, 5.74) is 0. The van der Waals surface area contributed by atoms with Crippen molar-refractivity contribution in [2.24, 2.45) is 10.9 Å². The molecule has 0 amide bonds. The predicted octanol–water partition coefficient (Wildman–Crippen LogP) is 2.52. The summed E-state index contributed by atoms with van der Waals surface area (Å²) in [5, 5.41) is 7.03. The van der Waals surface area contributed by atoms with E-state index in [0.29, 0.717) is 0 Å². The zero-order valence-electron chi connectivity index (χ0n) is 16.2. The van der Waals surface area contributed by atoms with Crippen molar-refractivity contribution < 1.29 is 0 Å². The van der Waals surface area contributed by atoms with E-state index in [4.69, 9.17) is 0 Å². The van der Waals surface area contributed by atoms with Crippen LogP contribution >= 0.6 is 24.0 Å². The van der Waals surface area contributed by atoms with Crippen molar-refractivity contribution in [3.05, 3.63) is 0 Å². The van der Waals surface area contributed by atoms with Gasteiger partial charge in [-0.05, 0) is 64.5 Å². The van der Waals surface area contributed by atoms with Gasteiger partial charge in [0.2, 0.25) is 0 Å². The number of guanidine groups is 1. The molecule has 2 aliphatic heterocycles. The largest absolute Gasteiger partial charge is 0.356 e. The molecule has 0 bridgehead atoms. The van der Waals surface area contributed by atoms with Crippen molar-refractivity contribution in [2.45, 2.75) is 64.0 Å². The third-order valence-corrected chi connectivity index (χ3v) is 6.02. The first-order chi connectivity index (χ1) is 11.8. The summed E-state index contributed by atoms with van der Waals surface area (Å²) in [6.07, 6.45) is 9.55. The molecule has 6 heteroatoms. The third-order valence-electron chi connectivity index (χ3n) is 6.02. The molecule has 146 valence electrons. The van der Waals surface area contributed by atoms with Crippen LogP contribution in [0.15, 0.2) is 4.99 Å². The Balaban J connectivity index is 0.00000225. The summed E-state index contributed by atoms with van der Waals surface area (Å²) >= 11 is 0. The van der Waals surface area contributed by atoms with E-state index < -0.39 is 0 Å². The first-order valence-corrected chi connectivity index (χ1v) is 10.2. The van der Waals surface area contributed by atoms with Crippen molar-refractivity contribution in [3.8, 4) is 0 Å². The first-order valence-electron chi connectivity index (χ1n) is 10.2. The molecular weight excluding hydrogens is 425 g/mol. The number of hydrogen-bond acceptors (Lipinski definition) is 3. The maximum atomic E-state index is 4.38. The smallest absolute Gasteiger partial charge is 0.190 e. The summed E-state index contributed by atoms with van der Waals surface area (Å²) in [6.45, 7) is 9.53. The Labute approximate surface area is 171 Å². The Hall–Kier alpha value is -0.0800. The minimum Gasteiger partial charge on any atom is -0.356 e. The summed E-state index contributed by atoms with van der Waals surface area (Å²) in [5.74, 6) is 1.77. The molecule has 3 rings (SSSR count). The fourth-order valence-electron chi connectivity index (χ4n) is 4.24. The summed E-state index contributed by atoms with van der Waals surface area (Å²) < 4.78 is 0. The Morgan fingerprint density at radius 2 is 1.92 bits per heavy atom. The molecule has 5 nitrogen and oxygen atoms in total. The summed E-state index contributed by atoms with van der Waals surface area (Å²) in [6, 6.07) is 1.69. The van der Waals surface area contributed by atoms with Gasteiger partial charge in [0.1, 0.15) is 0 Å². The zero-order chi connectivity index (χ0) is 16.8. The maximum absolute atomic E-state index is 4.38. The Morgan fingerprint density at radius 3 is 2.64 bits per heavy atom. The van der Waals surface area contributed by atoms with Gasteiger partial charge in [-0.3, -0.25) is 4.99 Å². The molecule has 1 aliphatic carbocycles. The number of nitrogens with one attached hydrogen (secondary N) is 2. The van der Waals surface area contributed by atoms with Gasteiger partial charge in [0.15, 0.2) is 5.96 Å². The van der Waals surface area contributed by atoms with E-state index in [0.717, 1.165) is 37.1 Å². The van der Waals surface area contributed by atoms with E-state index in [1.54, 1.807) is 0 Å². The zero-order valence-corrected chi connectivity index (χ0v) is 18.5. The minimum absolute atomic E-state index is 0. The van der Waals surface area contributed by atoms with Gasteiger partial charge < -0.3 is 20.4 Å². The van der Waals surface area contributed by atoms with E-state index in [1.807, 2.05) is 7.05 Å². The van der Waals surface area contributed by atoms with Gasteiger partial charge in [0.25, 0.3) is 0 Å². The molecule has 2 N–H and O–H groups in total. The molecule has 2 atom stereocenters. The Kier molecular flexibility index (Phi) is 9.27. The standard InChI is InChI=1S/C19H37N5.HI/c1-16-6-3-4-11-23(16)12-5-10-21-19(20-2)22-14-17-9-13-24(15-17)18-7-8-18;/h16-18H,3-15H2,1-2H3,(H2,20,21,22);1H. The first kappa shape index (κ1) is 21.2. The Morgan fingerprint density at radius 1 is 1.08 bits per heavy atom. The molecule has 0 spiro atoms. The molecule has 2 heterocycles. The highest BCUT2D eigenvalue weighted by Crippen LogP contribution is 2.31. The van der Waals surface area contributed by atoms with Crippen LogP contribution in [0.3, 0.4) is 0 Å². The lowest BCUT2D eigenvalue weighted by atomic mass is 10.0. The third kappa shape index (κ3) is 6.86. The molecule has 25 heavy (non-hydrogen) atoms. The van der Waals surface area contributed by atoms with E-state index in [1.165, 1.54) is 71.1 Å². The van der Waals surface area contributed by atoms with Crippen LogP contribution in [-0.4, -0.2) is 74.2 Å². The van der Waals surface area contributed by atoms with Crippen LogP contribution in [0, 0.1) is 5.92 Å². The SMILES string of the molecule is CN=C(NCCCN1CCCCC1C)NCC1CCN(C2CC2)C1.I. The van der Waals surface area contributed by atoms with E-state index in [2.05, 4.69) is 32.3 Å². The highest BCUT2D eigenvalue weighted by Gasteiger charge is 2.34. The fraction of sp³-hybridized carbons (Fsp3) is 0.947. The number of halogens is 1. The van der Waals surface area contributed by atoms with Crippen molar-refractivity contribution in [1.82, 2.24) is 20.4 Å². The number of piperidine rings is 1. The van der Waals surface area contributed by atoms with Crippen LogP contribution < -0.4 is 10.6 Å². The number of aliphatic imine (C=N–C) groups is 1. The normalized spacial score (nSPS) is 28.6. The van der Waals surface area contributed by atoms with Gasteiger partial charge in [0, 0.05) is 45.3 Å². The van der Waals surface area contributed by atoms with Crippen LogP contribution in [0.25, 0.3) is 0 Å². The van der Waals surface area contributed by atoms with Crippen LogP contribution in [0.4, 0.5) is 0 Å². The molecule has 0 aromatic carbocycles. The van der Waals surface area contributed by atoms with Gasteiger partial charge >= 0.3 is 0 Å². The summed E-state index contributed by atoms with van der Waals surface area (Å²) in [4.78, 5) is 9.71. The lowest BCUT2D eigenvalue weighted by molar-refractivity contribution is 0.159. The molecular formula is C19H38IN5. The molecule has 0 aromatic heterocycles. The quantitative estimate of drug-likeness (QED) is 0.264. The minimum atomic E-state index is 0. The second-order valence-corrected chi connectivity index (χ2v) is 8.00. The lowest BCUT2D eigenvalue weighted by Gasteiger charge is -2.33. The van der Waals surface area contributed by atoms with Gasteiger partial charge in [-0.25, -0.2) is 0 Å². The fourth-order valence-corrected chi connectivity index (χ4v) is 4.24. The van der Waals surface area contributed by atoms with Gasteiger partial charge in [0.05, 0.1) is 0 Å². The van der Waals surface area contributed by atoms with E-state index >= 15 is 0 Å². The van der Waals surface area contributed by atoms with Crippen molar-refractivity contribution in [2.75, 3.05) is 46.3 Å². The highest BCUT2D eigenvalue weighted by atomic mass is 127. The van der Waals surface area contributed by atoms with Crippen LogP contribution in [0.1, 0.15) is 51.9 Å². The molecule has 1 saturated carbocycles. The number of rotatable bonds is 7. The van der Waals surface area contributed by atoms with Gasteiger partial charge in [-0.2, -0.15) is 0 Å². The molecule has 0 aromatic rings. The topological polar surface area (TPSA) is 42.9 Å². The average Bonchev–Trinajstić information content (AvgIpc) is 3.34. The van der Waals surface area contributed by atoms with Crippen molar-refractivity contribution >= 4 is 29.9 Å². The highest BCUT2D eigenvalue weighted by molar-refractivity contribution is 14.0. The van der Waals surface area contributed by atoms with Crippen molar-refractivity contribution in [3.63, 3.8) is 0 Å². The number of nitrogens with zero attached hydrogens (tertiary/aromatic N) is 3. The van der Waals surface area contributed by atoms with Gasteiger partial charge in [-0.15, -0.1) is 24.0 Å². The second-order valence-electron chi connectivity index (χ2n) is 8.00. The summed E-state index contributed by atoms with van der Waals surface area (Å²) in [7, 11) is 1.88. The van der Waals surface area contributed by atoms with E-state index in [-0.39, 0.29) is 24.0 Å². The molecule has 3 aliphatic rings. The van der Waals surface area contributed by atoms with Gasteiger partial charge in [-0.1, -0.05) is 6.42 Å². The number of hydrogen-bond donors (Lipinski definition) is 2. The second kappa shape index (κ2) is 10.9. The Bertz CT molecular complexity index is 413. The van der Waals surface area contributed by atoms with Crippen molar-refractivity contribution in [1.29, 1.82) is 0 Å². The monoisotopic (exact) mass is 463 g/mol. The molecule has 3 fully saturated rings.